The molecule has 0 radical (unpaired) electrons. The second-order valence-corrected chi connectivity index (χ2v) is 6.55. The number of hydrogen-bond donors (Lipinski definition) is 2. The smallest absolute Gasteiger partial charge is 0.240 e. The normalized spacial score (nSPS) is 15.9. The second kappa shape index (κ2) is 7.53. The molecular weight excluding hydrogens is 344 g/mol. The molecule has 138 valence electrons. The first kappa shape index (κ1) is 17.1. The SMILES string of the molecule is Nc1ccc2c(c1)CCCC2NC(=O)CCc1nc(-c2ncccn2)no1. The number of aryl methyl sites for hydroxylation is 2. The minimum Gasteiger partial charge on any atom is -0.399 e. The van der Waals surface area contributed by atoms with E-state index < -0.39 is 0 Å². The van der Waals surface area contributed by atoms with E-state index in [9.17, 15) is 4.79 Å². The molecule has 1 amide bonds. The standard InChI is InChI=1S/C19H20N6O2/c20-13-5-6-14-12(11-13)3-1-4-15(14)23-16(26)7-8-17-24-19(25-27-17)18-21-9-2-10-22-18/h2,5-6,9-11,15H,1,3-4,7-8,20H2,(H,23,26). The molecule has 0 bridgehead atoms. The van der Waals surface area contributed by atoms with E-state index in [0.717, 1.165) is 30.5 Å². The number of nitrogen functional groups attached to an aromatic ring is 1. The molecule has 1 unspecified atom stereocenters. The average Bonchev–Trinajstić information content (AvgIpc) is 3.16. The number of carbonyl (C=O) groups excluding carboxylic acids is 1. The number of nitrogens with zero attached hydrogens (tertiary/aromatic N) is 4. The van der Waals surface area contributed by atoms with Gasteiger partial charge < -0.3 is 15.6 Å². The van der Waals surface area contributed by atoms with Crippen LogP contribution >= 0.6 is 0 Å². The lowest BCUT2D eigenvalue weighted by atomic mass is 9.87. The number of amides is 1. The van der Waals surface area contributed by atoms with Gasteiger partial charge in [0.15, 0.2) is 0 Å². The highest BCUT2D eigenvalue weighted by molar-refractivity contribution is 5.76. The fourth-order valence-corrected chi connectivity index (χ4v) is 3.33. The van der Waals surface area contributed by atoms with E-state index >= 15 is 0 Å². The molecule has 3 N–H and O–H groups in total. The van der Waals surface area contributed by atoms with Crippen LogP contribution in [0.4, 0.5) is 5.69 Å². The minimum absolute atomic E-state index is 0.0258. The van der Waals surface area contributed by atoms with Crippen LogP contribution in [-0.2, 0) is 17.6 Å². The zero-order valence-electron chi connectivity index (χ0n) is 14.8. The summed E-state index contributed by atoms with van der Waals surface area (Å²) in [6.07, 6.45) is 6.83. The molecule has 1 aliphatic rings. The zero-order valence-corrected chi connectivity index (χ0v) is 14.8. The molecule has 2 aromatic heterocycles. The number of rotatable bonds is 5. The Kier molecular flexibility index (Phi) is 4.78. The number of aromatic nitrogens is 4. The van der Waals surface area contributed by atoms with E-state index in [4.69, 9.17) is 10.3 Å². The molecule has 8 heteroatoms. The number of benzene rings is 1. The fourth-order valence-electron chi connectivity index (χ4n) is 3.33. The van der Waals surface area contributed by atoms with Gasteiger partial charge in [-0.15, -0.1) is 0 Å². The molecule has 0 spiro atoms. The molecule has 27 heavy (non-hydrogen) atoms. The summed E-state index contributed by atoms with van der Waals surface area (Å²) in [7, 11) is 0. The topological polar surface area (TPSA) is 120 Å². The number of hydrogen-bond acceptors (Lipinski definition) is 7. The van der Waals surface area contributed by atoms with Gasteiger partial charge in [0.2, 0.25) is 23.4 Å². The Balaban J connectivity index is 1.35. The molecule has 4 rings (SSSR count). The maximum Gasteiger partial charge on any atom is 0.240 e. The van der Waals surface area contributed by atoms with Crippen LogP contribution in [0.25, 0.3) is 11.6 Å². The molecule has 0 saturated carbocycles. The summed E-state index contributed by atoms with van der Waals surface area (Å²) in [5.74, 6) is 1.07. The first-order valence-electron chi connectivity index (χ1n) is 8.96. The van der Waals surface area contributed by atoms with Crippen molar-refractivity contribution in [2.45, 2.75) is 38.1 Å². The molecular formula is C19H20N6O2. The fraction of sp³-hybridized carbons (Fsp3) is 0.316. The van der Waals surface area contributed by atoms with Crippen molar-refractivity contribution >= 4 is 11.6 Å². The van der Waals surface area contributed by atoms with Crippen molar-refractivity contribution in [3.8, 4) is 11.6 Å². The predicted octanol–water partition coefficient (Wildman–Crippen LogP) is 2.24. The molecule has 2 heterocycles. The van der Waals surface area contributed by atoms with Gasteiger partial charge in [0.25, 0.3) is 0 Å². The Morgan fingerprint density at radius 3 is 2.96 bits per heavy atom. The largest absolute Gasteiger partial charge is 0.399 e. The van der Waals surface area contributed by atoms with Crippen molar-refractivity contribution in [2.75, 3.05) is 5.73 Å². The molecule has 1 aliphatic carbocycles. The highest BCUT2D eigenvalue weighted by Crippen LogP contribution is 2.31. The van der Waals surface area contributed by atoms with Crippen LogP contribution < -0.4 is 11.1 Å². The van der Waals surface area contributed by atoms with Gasteiger partial charge in [-0.25, -0.2) is 9.97 Å². The van der Waals surface area contributed by atoms with Gasteiger partial charge in [-0.3, -0.25) is 4.79 Å². The van der Waals surface area contributed by atoms with Crippen molar-refractivity contribution in [3.63, 3.8) is 0 Å². The number of fused-ring (bicyclic) bond motifs is 1. The first-order chi connectivity index (χ1) is 13.2. The maximum atomic E-state index is 12.4. The van der Waals surface area contributed by atoms with Gasteiger partial charge >= 0.3 is 0 Å². The Morgan fingerprint density at radius 1 is 1.26 bits per heavy atom. The van der Waals surface area contributed by atoms with Gasteiger partial charge in [-0.2, -0.15) is 4.98 Å². The van der Waals surface area contributed by atoms with Crippen molar-refractivity contribution in [1.82, 2.24) is 25.4 Å². The quantitative estimate of drug-likeness (QED) is 0.666. The Labute approximate surface area is 156 Å². The van der Waals surface area contributed by atoms with Crippen molar-refractivity contribution in [1.29, 1.82) is 0 Å². The predicted molar refractivity (Wildman–Crippen MR) is 98.3 cm³/mol. The molecule has 8 nitrogen and oxygen atoms in total. The molecule has 3 aromatic rings. The first-order valence-corrected chi connectivity index (χ1v) is 8.96. The lowest BCUT2D eigenvalue weighted by Crippen LogP contribution is -2.31. The van der Waals surface area contributed by atoms with Crippen molar-refractivity contribution in [2.24, 2.45) is 0 Å². The number of nitrogens with two attached hydrogens (primary N) is 1. The lowest BCUT2D eigenvalue weighted by molar-refractivity contribution is -0.122. The van der Waals surface area contributed by atoms with E-state index in [1.54, 1.807) is 18.5 Å². The van der Waals surface area contributed by atoms with E-state index in [-0.39, 0.29) is 18.4 Å². The number of carbonyl (C=O) groups is 1. The van der Waals surface area contributed by atoms with E-state index in [0.29, 0.717) is 24.0 Å². The maximum absolute atomic E-state index is 12.4. The van der Waals surface area contributed by atoms with Gasteiger partial charge in [-0.05, 0) is 48.6 Å². The van der Waals surface area contributed by atoms with Gasteiger partial charge in [0, 0.05) is 30.9 Å². The van der Waals surface area contributed by atoms with Gasteiger partial charge in [0.05, 0.1) is 6.04 Å². The summed E-state index contributed by atoms with van der Waals surface area (Å²) in [5, 5.41) is 6.97. The molecule has 0 aliphatic heterocycles. The molecule has 1 aromatic carbocycles. The summed E-state index contributed by atoms with van der Waals surface area (Å²) in [6, 6.07) is 7.64. The van der Waals surface area contributed by atoms with Crippen LogP contribution in [-0.4, -0.2) is 26.0 Å². The zero-order chi connectivity index (χ0) is 18.6. The van der Waals surface area contributed by atoms with Gasteiger partial charge in [-0.1, -0.05) is 11.2 Å². The molecule has 1 atom stereocenters. The third-order valence-corrected chi connectivity index (χ3v) is 4.62. The highest BCUT2D eigenvalue weighted by Gasteiger charge is 2.22. The molecule has 0 saturated heterocycles. The highest BCUT2D eigenvalue weighted by atomic mass is 16.5. The molecule has 0 fully saturated rings. The van der Waals surface area contributed by atoms with Crippen molar-refractivity contribution < 1.29 is 9.32 Å². The van der Waals surface area contributed by atoms with Crippen LogP contribution in [0.2, 0.25) is 0 Å². The van der Waals surface area contributed by atoms with Crippen LogP contribution in [0.5, 0.6) is 0 Å². The third-order valence-electron chi connectivity index (χ3n) is 4.62. The summed E-state index contributed by atoms with van der Waals surface area (Å²) in [6.45, 7) is 0. The van der Waals surface area contributed by atoms with Crippen LogP contribution in [0.15, 0.2) is 41.2 Å². The Hall–Kier alpha value is -3.29. The third kappa shape index (κ3) is 3.94. The summed E-state index contributed by atoms with van der Waals surface area (Å²) in [5.41, 5.74) is 9.00. The average molecular weight is 364 g/mol. The minimum atomic E-state index is -0.0413. The van der Waals surface area contributed by atoms with Crippen LogP contribution in [0, 0.1) is 0 Å². The number of anilines is 1. The van der Waals surface area contributed by atoms with E-state index in [2.05, 4.69) is 25.4 Å². The number of nitrogens with one attached hydrogen (secondary N) is 1. The van der Waals surface area contributed by atoms with E-state index in [1.807, 2.05) is 18.2 Å². The monoisotopic (exact) mass is 364 g/mol. The summed E-state index contributed by atoms with van der Waals surface area (Å²) in [4.78, 5) is 24.8. The summed E-state index contributed by atoms with van der Waals surface area (Å²) < 4.78 is 5.19. The van der Waals surface area contributed by atoms with Gasteiger partial charge in [0.1, 0.15) is 0 Å². The van der Waals surface area contributed by atoms with E-state index in [1.165, 1.54) is 5.56 Å². The Morgan fingerprint density at radius 2 is 2.11 bits per heavy atom. The Bertz CT molecular complexity index is 940. The summed E-state index contributed by atoms with van der Waals surface area (Å²) >= 11 is 0. The lowest BCUT2D eigenvalue weighted by Gasteiger charge is -2.26. The second-order valence-electron chi connectivity index (χ2n) is 6.55. The van der Waals surface area contributed by atoms with Crippen molar-refractivity contribution in [3.05, 3.63) is 53.7 Å². The van der Waals surface area contributed by atoms with Crippen LogP contribution in [0.3, 0.4) is 0 Å². The van der Waals surface area contributed by atoms with Crippen LogP contribution in [0.1, 0.15) is 42.3 Å².